The highest BCUT2D eigenvalue weighted by molar-refractivity contribution is 7.89. The molecule has 0 spiro atoms. The highest BCUT2D eigenvalue weighted by Crippen LogP contribution is 2.26. The van der Waals surface area contributed by atoms with Gasteiger partial charge in [0.05, 0.1) is 17.1 Å². The first kappa shape index (κ1) is 19.3. The van der Waals surface area contributed by atoms with E-state index in [-0.39, 0.29) is 12.4 Å². The molecule has 2 rings (SSSR count). The summed E-state index contributed by atoms with van der Waals surface area (Å²) in [5.41, 5.74) is -0.516. The van der Waals surface area contributed by atoms with Crippen LogP contribution in [0.2, 0.25) is 5.02 Å². The molecule has 8 nitrogen and oxygen atoms in total. The molecule has 2 aromatic rings. The van der Waals surface area contributed by atoms with Crippen LogP contribution < -0.4 is 0 Å². The van der Waals surface area contributed by atoms with Crippen LogP contribution in [0.4, 0.5) is 4.39 Å². The summed E-state index contributed by atoms with van der Waals surface area (Å²) in [5.74, 6) is -2.14. The van der Waals surface area contributed by atoms with Crippen LogP contribution in [-0.2, 0) is 23.0 Å². The van der Waals surface area contributed by atoms with E-state index >= 15 is 0 Å². The molecule has 0 fully saturated rings. The lowest BCUT2D eigenvalue weighted by atomic mass is 10.2. The predicted molar refractivity (Wildman–Crippen MR) is 85.3 cm³/mol. The molecule has 0 aliphatic rings. The molecule has 1 N–H and O–H groups in total. The fourth-order valence-corrected chi connectivity index (χ4v) is 3.43. The fourth-order valence-electron chi connectivity index (χ4n) is 2.01. The normalized spacial score (nSPS) is 11.9. The maximum absolute atomic E-state index is 14.1. The van der Waals surface area contributed by atoms with Crippen LogP contribution in [0.1, 0.15) is 35.4 Å². The predicted octanol–water partition coefficient (Wildman–Crippen LogP) is 2.33. The van der Waals surface area contributed by atoms with Gasteiger partial charge in [0.25, 0.3) is 0 Å². The zero-order chi connectivity index (χ0) is 18.8. The van der Waals surface area contributed by atoms with Gasteiger partial charge in [0.15, 0.2) is 5.82 Å². The highest BCUT2D eigenvalue weighted by Gasteiger charge is 2.28. The Labute approximate surface area is 148 Å². The van der Waals surface area contributed by atoms with Crippen molar-refractivity contribution in [2.45, 2.75) is 31.2 Å². The van der Waals surface area contributed by atoms with Gasteiger partial charge in [-0.25, -0.2) is 17.6 Å². The fraction of sp³-hybridized carbons (Fsp3) is 0.357. The van der Waals surface area contributed by atoms with Crippen molar-refractivity contribution in [3.8, 4) is 0 Å². The SMILES string of the molecule is CCCc1noc(CN(C)S(=O)(=O)c2cc(C(=O)O)c(Cl)cc2F)n1. The van der Waals surface area contributed by atoms with Gasteiger partial charge in [-0.2, -0.15) is 9.29 Å². The average Bonchev–Trinajstić information content (AvgIpc) is 2.94. The molecule has 0 saturated carbocycles. The summed E-state index contributed by atoms with van der Waals surface area (Å²) in [6.07, 6.45) is 1.37. The monoisotopic (exact) mass is 391 g/mol. The van der Waals surface area contributed by atoms with E-state index in [1.807, 2.05) is 6.92 Å². The van der Waals surface area contributed by atoms with E-state index in [0.717, 1.165) is 10.7 Å². The Kier molecular flexibility index (Phi) is 5.76. The summed E-state index contributed by atoms with van der Waals surface area (Å²) in [7, 11) is -3.15. The van der Waals surface area contributed by atoms with Crippen LogP contribution in [0.15, 0.2) is 21.6 Å². The number of aromatic nitrogens is 2. The number of carboxylic acid groups (broad SMARTS) is 1. The lowest BCUT2D eigenvalue weighted by Crippen LogP contribution is -2.27. The first-order chi connectivity index (χ1) is 11.7. The van der Waals surface area contributed by atoms with Crippen molar-refractivity contribution in [2.24, 2.45) is 0 Å². The molecular formula is C14H15ClFN3O5S. The quantitative estimate of drug-likeness (QED) is 0.770. The van der Waals surface area contributed by atoms with Gasteiger partial charge >= 0.3 is 5.97 Å². The number of carbonyl (C=O) groups is 1. The number of hydrogen-bond acceptors (Lipinski definition) is 6. The van der Waals surface area contributed by atoms with Crippen molar-refractivity contribution < 1.29 is 27.2 Å². The number of nitrogens with zero attached hydrogens (tertiary/aromatic N) is 3. The van der Waals surface area contributed by atoms with Gasteiger partial charge in [0.1, 0.15) is 10.7 Å². The summed E-state index contributed by atoms with van der Waals surface area (Å²) >= 11 is 5.63. The Balaban J connectivity index is 2.33. The van der Waals surface area contributed by atoms with Crippen molar-refractivity contribution in [1.82, 2.24) is 14.4 Å². The second-order valence-electron chi connectivity index (χ2n) is 5.18. The molecule has 0 aliphatic carbocycles. The molecule has 1 aromatic heterocycles. The second-order valence-corrected chi connectivity index (χ2v) is 7.60. The van der Waals surface area contributed by atoms with Crippen LogP contribution >= 0.6 is 11.6 Å². The number of benzene rings is 1. The summed E-state index contributed by atoms with van der Waals surface area (Å²) in [6, 6.07) is 1.33. The Morgan fingerprint density at radius 2 is 2.12 bits per heavy atom. The molecule has 25 heavy (non-hydrogen) atoms. The van der Waals surface area contributed by atoms with E-state index in [2.05, 4.69) is 10.1 Å². The van der Waals surface area contributed by atoms with Crippen molar-refractivity contribution in [3.05, 3.63) is 40.3 Å². The third kappa shape index (κ3) is 4.14. The minimum atomic E-state index is -4.34. The van der Waals surface area contributed by atoms with Gasteiger partial charge in [0, 0.05) is 13.5 Å². The number of rotatable bonds is 7. The van der Waals surface area contributed by atoms with Crippen molar-refractivity contribution in [1.29, 1.82) is 0 Å². The largest absolute Gasteiger partial charge is 0.478 e. The molecule has 0 radical (unpaired) electrons. The molecule has 0 aliphatic heterocycles. The smallest absolute Gasteiger partial charge is 0.337 e. The number of aryl methyl sites for hydroxylation is 1. The third-order valence-corrected chi connectivity index (χ3v) is 5.41. The maximum atomic E-state index is 14.1. The molecule has 0 unspecified atom stereocenters. The second kappa shape index (κ2) is 7.46. The Bertz CT molecular complexity index is 900. The van der Waals surface area contributed by atoms with Crippen LogP contribution in [0.25, 0.3) is 0 Å². The van der Waals surface area contributed by atoms with Crippen molar-refractivity contribution in [2.75, 3.05) is 7.05 Å². The summed E-state index contributed by atoms with van der Waals surface area (Å²) in [6.45, 7) is 1.64. The summed E-state index contributed by atoms with van der Waals surface area (Å²) in [5, 5.41) is 12.3. The lowest BCUT2D eigenvalue weighted by molar-refractivity contribution is 0.0696. The standard InChI is InChI=1S/C14H15ClFN3O5S/c1-3-4-12-17-13(24-18-12)7-19(2)25(22,23)11-5-8(14(20)21)9(15)6-10(11)16/h5-6H,3-4,7H2,1-2H3,(H,20,21). The number of halogens is 2. The van der Waals surface area contributed by atoms with Gasteiger partial charge in [0.2, 0.25) is 15.9 Å². The van der Waals surface area contributed by atoms with Crippen LogP contribution in [0.5, 0.6) is 0 Å². The van der Waals surface area contributed by atoms with Gasteiger partial charge in [-0.3, -0.25) is 0 Å². The highest BCUT2D eigenvalue weighted by atomic mass is 35.5. The maximum Gasteiger partial charge on any atom is 0.337 e. The molecule has 11 heteroatoms. The first-order valence-electron chi connectivity index (χ1n) is 7.17. The molecule has 0 atom stereocenters. The Hall–Kier alpha value is -2.04. The Morgan fingerprint density at radius 1 is 1.44 bits per heavy atom. The molecule has 0 bridgehead atoms. The zero-order valence-corrected chi connectivity index (χ0v) is 14.9. The average molecular weight is 392 g/mol. The minimum Gasteiger partial charge on any atom is -0.478 e. The number of hydrogen-bond donors (Lipinski definition) is 1. The topological polar surface area (TPSA) is 114 Å². The van der Waals surface area contributed by atoms with E-state index < -0.39 is 37.3 Å². The van der Waals surface area contributed by atoms with E-state index in [1.165, 1.54) is 7.05 Å². The van der Waals surface area contributed by atoms with Gasteiger partial charge in [-0.05, 0) is 18.6 Å². The van der Waals surface area contributed by atoms with E-state index in [1.54, 1.807) is 0 Å². The number of carboxylic acids is 1. The third-order valence-electron chi connectivity index (χ3n) is 3.28. The van der Waals surface area contributed by atoms with Gasteiger partial charge < -0.3 is 9.63 Å². The number of sulfonamides is 1. The molecule has 136 valence electrons. The minimum absolute atomic E-state index is 0.0438. The van der Waals surface area contributed by atoms with E-state index in [9.17, 15) is 17.6 Å². The van der Waals surface area contributed by atoms with Crippen LogP contribution in [0.3, 0.4) is 0 Å². The molecular weight excluding hydrogens is 377 g/mol. The molecule has 0 amide bonds. The van der Waals surface area contributed by atoms with Crippen LogP contribution in [-0.4, -0.2) is 41.0 Å². The van der Waals surface area contributed by atoms with E-state index in [0.29, 0.717) is 24.4 Å². The van der Waals surface area contributed by atoms with Crippen LogP contribution in [0, 0.1) is 5.82 Å². The summed E-state index contributed by atoms with van der Waals surface area (Å²) < 4.78 is 44.9. The molecule has 0 saturated heterocycles. The first-order valence-corrected chi connectivity index (χ1v) is 8.98. The number of aromatic carboxylic acids is 1. The van der Waals surface area contributed by atoms with Crippen molar-refractivity contribution in [3.63, 3.8) is 0 Å². The van der Waals surface area contributed by atoms with Crippen molar-refractivity contribution >= 4 is 27.6 Å². The zero-order valence-electron chi connectivity index (χ0n) is 13.4. The molecule has 1 aromatic carbocycles. The lowest BCUT2D eigenvalue weighted by Gasteiger charge is -2.16. The molecule has 1 heterocycles. The van der Waals surface area contributed by atoms with Gasteiger partial charge in [-0.15, -0.1) is 0 Å². The Morgan fingerprint density at radius 3 is 2.72 bits per heavy atom. The van der Waals surface area contributed by atoms with Gasteiger partial charge in [-0.1, -0.05) is 23.7 Å². The van der Waals surface area contributed by atoms with E-state index in [4.69, 9.17) is 21.2 Å². The summed E-state index contributed by atoms with van der Waals surface area (Å²) in [4.78, 5) is 14.3.